The Morgan fingerprint density at radius 1 is 1.00 bits per heavy atom. The van der Waals surface area contributed by atoms with E-state index in [-0.39, 0.29) is 0 Å². The van der Waals surface area contributed by atoms with Crippen LogP contribution in [0.25, 0.3) is 22.0 Å². The van der Waals surface area contributed by atoms with Crippen LogP contribution in [-0.2, 0) is 6.42 Å². The first-order valence-electron chi connectivity index (χ1n) is 6.42. The minimum absolute atomic E-state index is 0.941. The molecule has 0 unspecified atom stereocenters. The first-order valence-corrected chi connectivity index (χ1v) is 7.22. The van der Waals surface area contributed by atoms with Crippen LogP contribution in [0.4, 0.5) is 0 Å². The Morgan fingerprint density at radius 3 is 2.47 bits per heavy atom. The molecule has 19 heavy (non-hydrogen) atoms. The van der Waals surface area contributed by atoms with Crippen LogP contribution in [0.5, 0.6) is 0 Å². The van der Waals surface area contributed by atoms with Gasteiger partial charge in [0.05, 0.1) is 5.52 Å². The standard InChI is InChI=1S/C17H14BrN/c1-2-16-15(12-7-9-14(18)10-8-12)11-13-5-3-4-6-17(13)19-16/h3-11H,2H2,1H3. The highest BCUT2D eigenvalue weighted by Gasteiger charge is 2.07. The average molecular weight is 312 g/mol. The molecule has 3 aromatic rings. The molecule has 0 radical (unpaired) electrons. The van der Waals surface area contributed by atoms with Crippen molar-refractivity contribution >= 4 is 26.8 Å². The van der Waals surface area contributed by atoms with Crippen molar-refractivity contribution in [1.82, 2.24) is 4.98 Å². The lowest BCUT2D eigenvalue weighted by molar-refractivity contribution is 1.06. The Morgan fingerprint density at radius 2 is 1.74 bits per heavy atom. The third kappa shape index (κ3) is 2.41. The van der Waals surface area contributed by atoms with Gasteiger partial charge in [-0.25, -0.2) is 0 Å². The van der Waals surface area contributed by atoms with Gasteiger partial charge in [0, 0.05) is 21.1 Å². The highest BCUT2D eigenvalue weighted by atomic mass is 79.9. The average Bonchev–Trinajstić information content (AvgIpc) is 2.46. The van der Waals surface area contributed by atoms with Crippen molar-refractivity contribution in [2.24, 2.45) is 0 Å². The molecule has 0 N–H and O–H groups in total. The third-order valence-corrected chi connectivity index (χ3v) is 3.82. The normalized spacial score (nSPS) is 10.8. The summed E-state index contributed by atoms with van der Waals surface area (Å²) in [7, 11) is 0. The zero-order chi connectivity index (χ0) is 13.2. The molecule has 2 heteroatoms. The highest BCUT2D eigenvalue weighted by Crippen LogP contribution is 2.28. The quantitative estimate of drug-likeness (QED) is 0.631. The van der Waals surface area contributed by atoms with Gasteiger partial charge < -0.3 is 0 Å². The van der Waals surface area contributed by atoms with E-state index in [1.807, 2.05) is 6.07 Å². The van der Waals surface area contributed by atoms with Crippen molar-refractivity contribution in [3.63, 3.8) is 0 Å². The number of aryl methyl sites for hydroxylation is 1. The topological polar surface area (TPSA) is 12.9 Å². The molecule has 2 aromatic carbocycles. The number of benzene rings is 2. The Kier molecular flexibility index (Phi) is 3.34. The molecule has 0 aliphatic heterocycles. The van der Waals surface area contributed by atoms with Crippen LogP contribution in [0.1, 0.15) is 12.6 Å². The monoisotopic (exact) mass is 311 g/mol. The minimum atomic E-state index is 0.941. The van der Waals surface area contributed by atoms with Gasteiger partial charge in [-0.2, -0.15) is 0 Å². The van der Waals surface area contributed by atoms with E-state index < -0.39 is 0 Å². The number of nitrogens with zero attached hydrogens (tertiary/aromatic N) is 1. The Bertz CT molecular complexity index is 717. The molecule has 94 valence electrons. The summed E-state index contributed by atoms with van der Waals surface area (Å²) in [5, 5.41) is 1.19. The summed E-state index contributed by atoms with van der Waals surface area (Å²) in [5.41, 5.74) is 4.67. The largest absolute Gasteiger partial charge is 0.252 e. The van der Waals surface area contributed by atoms with E-state index in [1.54, 1.807) is 0 Å². The highest BCUT2D eigenvalue weighted by molar-refractivity contribution is 9.10. The predicted molar refractivity (Wildman–Crippen MR) is 84.3 cm³/mol. The molecular weight excluding hydrogens is 298 g/mol. The van der Waals surface area contributed by atoms with Crippen molar-refractivity contribution in [3.05, 3.63) is 64.8 Å². The van der Waals surface area contributed by atoms with Crippen LogP contribution in [0, 0.1) is 0 Å². The number of hydrogen-bond acceptors (Lipinski definition) is 1. The fourth-order valence-corrected chi connectivity index (χ4v) is 2.57. The molecule has 0 aliphatic rings. The summed E-state index contributed by atoms with van der Waals surface area (Å²) in [5.74, 6) is 0. The molecule has 0 atom stereocenters. The van der Waals surface area contributed by atoms with Crippen LogP contribution >= 0.6 is 15.9 Å². The molecule has 0 spiro atoms. The summed E-state index contributed by atoms with van der Waals surface area (Å²) in [6, 6.07) is 18.9. The smallest absolute Gasteiger partial charge is 0.0705 e. The van der Waals surface area contributed by atoms with Gasteiger partial charge >= 0.3 is 0 Å². The van der Waals surface area contributed by atoms with E-state index in [0.717, 1.165) is 22.1 Å². The van der Waals surface area contributed by atoms with Gasteiger partial charge in [-0.05, 0) is 36.2 Å². The number of halogens is 1. The first-order chi connectivity index (χ1) is 9.28. The lowest BCUT2D eigenvalue weighted by Crippen LogP contribution is -1.93. The minimum Gasteiger partial charge on any atom is -0.252 e. The predicted octanol–water partition coefficient (Wildman–Crippen LogP) is 5.23. The van der Waals surface area contributed by atoms with E-state index in [9.17, 15) is 0 Å². The zero-order valence-electron chi connectivity index (χ0n) is 10.7. The van der Waals surface area contributed by atoms with E-state index in [1.165, 1.54) is 16.5 Å². The van der Waals surface area contributed by atoms with Gasteiger partial charge in [-0.3, -0.25) is 4.98 Å². The maximum Gasteiger partial charge on any atom is 0.0705 e. The van der Waals surface area contributed by atoms with Crippen molar-refractivity contribution < 1.29 is 0 Å². The molecule has 0 fully saturated rings. The summed E-state index contributed by atoms with van der Waals surface area (Å²) in [6.45, 7) is 2.15. The molecule has 0 bridgehead atoms. The summed E-state index contributed by atoms with van der Waals surface area (Å²) in [4.78, 5) is 4.78. The molecule has 1 nitrogen and oxygen atoms in total. The van der Waals surface area contributed by atoms with E-state index in [0.29, 0.717) is 0 Å². The number of para-hydroxylation sites is 1. The second-order valence-corrected chi connectivity index (χ2v) is 5.45. The van der Waals surface area contributed by atoms with Crippen LogP contribution in [0.2, 0.25) is 0 Å². The Hall–Kier alpha value is -1.67. The lowest BCUT2D eigenvalue weighted by atomic mass is 10.0. The van der Waals surface area contributed by atoms with Gasteiger partial charge in [0.2, 0.25) is 0 Å². The number of aromatic nitrogens is 1. The van der Waals surface area contributed by atoms with E-state index in [4.69, 9.17) is 4.98 Å². The lowest BCUT2D eigenvalue weighted by Gasteiger charge is -2.09. The number of hydrogen-bond donors (Lipinski definition) is 0. The van der Waals surface area contributed by atoms with Gasteiger partial charge in [0.15, 0.2) is 0 Å². The molecule has 0 amide bonds. The second-order valence-electron chi connectivity index (χ2n) is 4.54. The molecular formula is C17H14BrN. The fraction of sp³-hybridized carbons (Fsp3) is 0.118. The van der Waals surface area contributed by atoms with Crippen molar-refractivity contribution in [1.29, 1.82) is 0 Å². The van der Waals surface area contributed by atoms with Crippen molar-refractivity contribution in [2.45, 2.75) is 13.3 Å². The van der Waals surface area contributed by atoms with Crippen molar-refractivity contribution in [3.8, 4) is 11.1 Å². The summed E-state index contributed by atoms with van der Waals surface area (Å²) in [6.07, 6.45) is 0.941. The van der Waals surface area contributed by atoms with Crippen LogP contribution in [0.15, 0.2) is 59.1 Å². The van der Waals surface area contributed by atoms with Gasteiger partial charge in [-0.1, -0.05) is 53.2 Å². The maximum absolute atomic E-state index is 4.78. The Labute approximate surface area is 121 Å². The Balaban J connectivity index is 2.23. The number of rotatable bonds is 2. The summed E-state index contributed by atoms with van der Waals surface area (Å²) >= 11 is 3.48. The van der Waals surface area contributed by atoms with Crippen LogP contribution in [0.3, 0.4) is 0 Å². The third-order valence-electron chi connectivity index (χ3n) is 3.29. The second kappa shape index (κ2) is 5.14. The maximum atomic E-state index is 4.78. The number of fused-ring (bicyclic) bond motifs is 1. The van der Waals surface area contributed by atoms with E-state index in [2.05, 4.69) is 71.4 Å². The van der Waals surface area contributed by atoms with Gasteiger partial charge in [0.1, 0.15) is 0 Å². The molecule has 1 heterocycles. The van der Waals surface area contributed by atoms with E-state index >= 15 is 0 Å². The molecule has 0 saturated heterocycles. The molecule has 3 rings (SSSR count). The van der Waals surface area contributed by atoms with Crippen LogP contribution < -0.4 is 0 Å². The molecule has 1 aromatic heterocycles. The van der Waals surface area contributed by atoms with Crippen molar-refractivity contribution in [2.75, 3.05) is 0 Å². The van der Waals surface area contributed by atoms with Crippen LogP contribution in [-0.4, -0.2) is 4.98 Å². The molecule has 0 aliphatic carbocycles. The zero-order valence-corrected chi connectivity index (χ0v) is 12.3. The summed E-state index contributed by atoms with van der Waals surface area (Å²) < 4.78 is 1.10. The van der Waals surface area contributed by atoms with Gasteiger partial charge in [0.25, 0.3) is 0 Å². The SMILES string of the molecule is CCc1nc2ccccc2cc1-c1ccc(Br)cc1. The number of pyridine rings is 1. The molecule has 0 saturated carbocycles. The van der Waals surface area contributed by atoms with Gasteiger partial charge in [-0.15, -0.1) is 0 Å². The fourth-order valence-electron chi connectivity index (χ4n) is 2.30. The first kappa shape index (κ1) is 12.4.